The van der Waals surface area contributed by atoms with Gasteiger partial charge < -0.3 is 4.74 Å². The first-order chi connectivity index (χ1) is 10.6. The Morgan fingerprint density at radius 2 is 2.00 bits per heavy atom. The van der Waals surface area contributed by atoms with Crippen LogP contribution in [0.2, 0.25) is 0 Å². The third-order valence-corrected chi connectivity index (χ3v) is 3.88. The van der Waals surface area contributed by atoms with Crippen LogP contribution in [0.25, 0.3) is 0 Å². The molecule has 1 aliphatic carbocycles. The van der Waals surface area contributed by atoms with Gasteiger partial charge in [0.05, 0.1) is 11.1 Å². The predicted molar refractivity (Wildman–Crippen MR) is 79.8 cm³/mol. The summed E-state index contributed by atoms with van der Waals surface area (Å²) in [4.78, 5) is 24.3. The fourth-order valence-electron chi connectivity index (χ4n) is 2.77. The monoisotopic (exact) mass is 298 g/mol. The molecule has 0 saturated heterocycles. The molecule has 1 aliphatic rings. The molecule has 0 saturated carbocycles. The molecular weight excluding hydrogens is 283 g/mol. The van der Waals surface area contributed by atoms with Crippen molar-refractivity contribution < 1.29 is 18.7 Å². The van der Waals surface area contributed by atoms with Crippen molar-refractivity contribution in [1.82, 2.24) is 0 Å². The van der Waals surface area contributed by atoms with Gasteiger partial charge in [-0.05, 0) is 55.2 Å². The molecule has 0 unspecified atom stereocenters. The van der Waals surface area contributed by atoms with Crippen molar-refractivity contribution in [3.05, 3.63) is 64.5 Å². The summed E-state index contributed by atoms with van der Waals surface area (Å²) in [6, 6.07) is 8.77. The lowest BCUT2D eigenvalue weighted by Gasteiger charge is -2.20. The molecule has 2 aromatic carbocycles. The second kappa shape index (κ2) is 5.72. The minimum absolute atomic E-state index is 0.00741. The van der Waals surface area contributed by atoms with Gasteiger partial charge in [-0.2, -0.15) is 0 Å². The number of ketones is 1. The van der Waals surface area contributed by atoms with Crippen LogP contribution in [-0.2, 0) is 6.42 Å². The molecule has 0 atom stereocenters. The van der Waals surface area contributed by atoms with Gasteiger partial charge >= 0.3 is 5.97 Å². The van der Waals surface area contributed by atoms with Gasteiger partial charge in [0.15, 0.2) is 5.78 Å². The molecule has 0 radical (unpaired) electrons. The smallest absolute Gasteiger partial charge is 0.343 e. The van der Waals surface area contributed by atoms with Gasteiger partial charge in [-0.1, -0.05) is 12.1 Å². The van der Waals surface area contributed by atoms with Gasteiger partial charge in [0.25, 0.3) is 0 Å². The van der Waals surface area contributed by atoms with Crippen LogP contribution in [0.15, 0.2) is 36.4 Å². The Labute approximate surface area is 127 Å². The number of halogens is 1. The van der Waals surface area contributed by atoms with E-state index < -0.39 is 11.8 Å². The average Bonchev–Trinajstić information content (AvgIpc) is 2.50. The number of carbonyl (C=O) groups is 2. The zero-order valence-electron chi connectivity index (χ0n) is 12.2. The van der Waals surface area contributed by atoms with Crippen LogP contribution in [0.4, 0.5) is 4.39 Å². The number of esters is 1. The highest BCUT2D eigenvalue weighted by atomic mass is 19.1. The van der Waals surface area contributed by atoms with Crippen LogP contribution < -0.4 is 4.74 Å². The van der Waals surface area contributed by atoms with Crippen molar-refractivity contribution in [2.75, 3.05) is 0 Å². The maximum Gasteiger partial charge on any atom is 0.343 e. The van der Waals surface area contributed by atoms with Crippen LogP contribution >= 0.6 is 0 Å². The number of Topliss-reactive ketones (excluding diaryl/α,β-unsaturated/α-hetero) is 1. The zero-order chi connectivity index (χ0) is 15.7. The van der Waals surface area contributed by atoms with Gasteiger partial charge in [0.1, 0.15) is 11.6 Å². The molecule has 0 aromatic heterocycles. The first-order valence-electron chi connectivity index (χ1n) is 7.19. The van der Waals surface area contributed by atoms with Gasteiger partial charge in [-0.25, -0.2) is 9.18 Å². The average molecular weight is 298 g/mol. The molecule has 3 rings (SSSR count). The Morgan fingerprint density at radius 1 is 1.18 bits per heavy atom. The van der Waals surface area contributed by atoms with Crippen molar-refractivity contribution in [3.63, 3.8) is 0 Å². The maximum atomic E-state index is 13.2. The van der Waals surface area contributed by atoms with E-state index in [-0.39, 0.29) is 17.1 Å². The number of ether oxygens (including phenoxy) is 1. The van der Waals surface area contributed by atoms with Gasteiger partial charge in [0.2, 0.25) is 0 Å². The number of carbonyl (C=O) groups excluding carboxylic acids is 2. The molecule has 0 amide bonds. The normalized spacial score (nSPS) is 13.6. The number of aryl methyl sites for hydroxylation is 1. The fourth-order valence-corrected chi connectivity index (χ4v) is 2.77. The Bertz CT molecular complexity index is 765. The predicted octanol–water partition coefficient (Wildman–Crippen LogP) is 3.87. The molecule has 22 heavy (non-hydrogen) atoms. The highest BCUT2D eigenvalue weighted by Crippen LogP contribution is 2.32. The summed E-state index contributed by atoms with van der Waals surface area (Å²) in [6.07, 6.45) is 2.08. The van der Waals surface area contributed by atoms with Gasteiger partial charge in [-0.3, -0.25) is 4.79 Å². The second-order valence-electron chi connectivity index (χ2n) is 5.41. The van der Waals surface area contributed by atoms with Crippen LogP contribution in [0, 0.1) is 12.7 Å². The van der Waals surface area contributed by atoms with E-state index in [1.54, 1.807) is 6.07 Å². The summed E-state index contributed by atoms with van der Waals surface area (Å²) in [5.74, 6) is -0.910. The second-order valence-corrected chi connectivity index (χ2v) is 5.41. The van der Waals surface area contributed by atoms with Crippen molar-refractivity contribution >= 4 is 11.8 Å². The molecule has 0 fully saturated rings. The van der Waals surface area contributed by atoms with E-state index in [1.807, 2.05) is 13.0 Å². The minimum atomic E-state index is -0.663. The Hall–Kier alpha value is -2.49. The summed E-state index contributed by atoms with van der Waals surface area (Å²) in [6.45, 7) is 1.94. The number of hydrogen-bond acceptors (Lipinski definition) is 3. The van der Waals surface area contributed by atoms with Gasteiger partial charge in [-0.15, -0.1) is 0 Å². The molecule has 0 N–H and O–H groups in total. The van der Waals surface area contributed by atoms with Crippen molar-refractivity contribution in [3.8, 4) is 5.75 Å². The Morgan fingerprint density at radius 3 is 2.77 bits per heavy atom. The lowest BCUT2D eigenvalue weighted by Crippen LogP contribution is -2.17. The minimum Gasteiger partial charge on any atom is -0.422 e. The number of rotatable bonds is 2. The third-order valence-electron chi connectivity index (χ3n) is 3.88. The SMILES string of the molecule is Cc1ccc(OC(=O)c2cccc(F)c2)c2c1CCCC2=O. The molecule has 2 aromatic rings. The third kappa shape index (κ3) is 2.64. The van der Waals surface area contributed by atoms with Crippen LogP contribution in [0.5, 0.6) is 5.75 Å². The van der Waals surface area contributed by atoms with Crippen molar-refractivity contribution in [2.45, 2.75) is 26.2 Å². The summed E-state index contributed by atoms with van der Waals surface area (Å²) >= 11 is 0. The van der Waals surface area contributed by atoms with E-state index in [0.29, 0.717) is 12.0 Å². The fraction of sp³-hybridized carbons (Fsp3) is 0.222. The largest absolute Gasteiger partial charge is 0.422 e. The molecule has 0 bridgehead atoms. The summed E-state index contributed by atoms with van der Waals surface area (Å²) in [7, 11) is 0. The number of hydrogen-bond donors (Lipinski definition) is 0. The van der Waals surface area contributed by atoms with Crippen LogP contribution in [-0.4, -0.2) is 11.8 Å². The molecule has 112 valence electrons. The molecule has 4 heteroatoms. The van der Waals surface area contributed by atoms with E-state index >= 15 is 0 Å². The maximum absolute atomic E-state index is 13.2. The molecule has 3 nitrogen and oxygen atoms in total. The van der Waals surface area contributed by atoms with E-state index in [2.05, 4.69) is 0 Å². The number of fused-ring (bicyclic) bond motifs is 1. The van der Waals surface area contributed by atoms with E-state index in [0.717, 1.165) is 30.0 Å². The highest BCUT2D eigenvalue weighted by Gasteiger charge is 2.24. The lowest BCUT2D eigenvalue weighted by molar-refractivity contribution is 0.0731. The molecule has 0 aliphatic heterocycles. The van der Waals surface area contributed by atoms with Crippen LogP contribution in [0.1, 0.15) is 44.7 Å². The number of benzene rings is 2. The first-order valence-corrected chi connectivity index (χ1v) is 7.19. The zero-order valence-corrected chi connectivity index (χ0v) is 12.2. The van der Waals surface area contributed by atoms with Crippen LogP contribution in [0.3, 0.4) is 0 Å². The summed E-state index contributed by atoms with van der Waals surface area (Å²) < 4.78 is 18.5. The highest BCUT2D eigenvalue weighted by molar-refractivity contribution is 6.02. The summed E-state index contributed by atoms with van der Waals surface area (Å²) in [5.41, 5.74) is 2.59. The summed E-state index contributed by atoms with van der Waals surface area (Å²) in [5, 5.41) is 0. The first kappa shape index (κ1) is 14.4. The topological polar surface area (TPSA) is 43.4 Å². The molecule has 0 spiro atoms. The molecule has 0 heterocycles. The van der Waals surface area contributed by atoms with E-state index in [1.165, 1.54) is 18.2 Å². The van der Waals surface area contributed by atoms with Crippen molar-refractivity contribution in [2.24, 2.45) is 0 Å². The standard InChI is InChI=1S/C18H15FO3/c1-11-8-9-16(17-14(11)6-3-7-15(17)20)22-18(21)12-4-2-5-13(19)10-12/h2,4-5,8-10H,3,6-7H2,1H3. The molecular formula is C18H15FO3. The van der Waals surface area contributed by atoms with Gasteiger partial charge in [0, 0.05) is 6.42 Å². The van der Waals surface area contributed by atoms with E-state index in [4.69, 9.17) is 4.74 Å². The van der Waals surface area contributed by atoms with E-state index in [9.17, 15) is 14.0 Å². The lowest BCUT2D eigenvalue weighted by atomic mass is 9.87. The Kier molecular flexibility index (Phi) is 3.75. The quantitative estimate of drug-likeness (QED) is 0.624. The van der Waals surface area contributed by atoms with Crippen molar-refractivity contribution in [1.29, 1.82) is 0 Å². The Balaban J connectivity index is 1.96.